The summed E-state index contributed by atoms with van der Waals surface area (Å²) in [6.07, 6.45) is -0.735. The molecule has 1 heterocycles. The zero-order chi connectivity index (χ0) is 42.5. The first-order chi connectivity index (χ1) is 25.1. The van der Waals surface area contributed by atoms with Gasteiger partial charge in [-0.25, -0.2) is 14.4 Å². The lowest BCUT2D eigenvalue weighted by Gasteiger charge is -2.47. The number of amides is 6. The number of carbonyl (C=O) groups excluding carboxylic acids is 9. The highest BCUT2D eigenvalue weighted by molar-refractivity contribution is 7.13. The van der Waals surface area contributed by atoms with Crippen LogP contribution >= 0.6 is 0 Å². The van der Waals surface area contributed by atoms with E-state index in [2.05, 4.69) is 29.1 Å². The Morgan fingerprint density at radius 3 is 1.42 bits per heavy atom. The fourth-order valence-corrected chi connectivity index (χ4v) is 6.61. The van der Waals surface area contributed by atoms with Gasteiger partial charge >= 0.3 is 36.6 Å². The molecule has 1 saturated heterocycles. The van der Waals surface area contributed by atoms with Crippen LogP contribution in [0.15, 0.2) is 24.3 Å². The monoisotopic (exact) mass is 776 g/mol. The summed E-state index contributed by atoms with van der Waals surface area (Å²) in [6.45, 7) is 21.2. The summed E-state index contributed by atoms with van der Waals surface area (Å²) in [5, 5.41) is 6.84. The van der Waals surface area contributed by atoms with E-state index in [0.717, 1.165) is 4.90 Å². The number of hydrogen-bond donors (Lipinski definition) is 3. The van der Waals surface area contributed by atoms with E-state index in [9.17, 15) is 43.2 Å². The van der Waals surface area contributed by atoms with E-state index in [1.807, 2.05) is 0 Å². The summed E-state index contributed by atoms with van der Waals surface area (Å²) >= 11 is 0. The molecule has 1 aliphatic rings. The van der Waals surface area contributed by atoms with Gasteiger partial charge in [0.1, 0.15) is 26.4 Å². The van der Waals surface area contributed by atoms with Crippen LogP contribution < -0.4 is 16.0 Å². The maximum absolute atomic E-state index is 14.1. The quantitative estimate of drug-likeness (QED) is 0.0466. The van der Waals surface area contributed by atoms with E-state index >= 15 is 0 Å². The normalized spacial score (nSPS) is 13.7. The zero-order valence-electron chi connectivity index (χ0n) is 33.8. The smallest absolute Gasteiger partial charge is 0.364 e. The van der Waals surface area contributed by atoms with E-state index in [0.29, 0.717) is 0 Å². The van der Waals surface area contributed by atoms with Crippen LogP contribution in [0.25, 0.3) is 0 Å². The molecule has 0 atom stereocenters. The minimum absolute atomic E-state index is 0.0639. The number of imide groups is 2. The second kappa shape index (κ2) is 20.1. The number of hydrogen-bond acceptors (Lipinski definition) is 13. The van der Waals surface area contributed by atoms with Gasteiger partial charge in [-0.1, -0.05) is 27.0 Å². The van der Waals surface area contributed by atoms with E-state index in [-0.39, 0.29) is 76.1 Å². The fraction of sp³-hybridized carbons (Fsp3) is 0.649. The number of nitrogens with one attached hydrogen (secondary N) is 3. The second-order valence-electron chi connectivity index (χ2n) is 16.2. The summed E-state index contributed by atoms with van der Waals surface area (Å²) < 4.78 is 19.7. The molecule has 0 saturated carbocycles. The number of nitrogens with zero attached hydrogens (tertiary/aromatic N) is 1. The molecule has 1 rings (SSSR count). The van der Waals surface area contributed by atoms with Crippen molar-refractivity contribution in [3.05, 3.63) is 24.3 Å². The standard InChI is InChI=1S/C37H57BN4O13/c1-23(2)29(47)54-19-17-52-27(45)15-13-25(43)40-35(7,8)21-34(5,6)38-31(49)39-33(51)42(32(38)50)37(11,12)22-36(9,10)41-26(44)14-16-28(46)53-18-20-55-30(48)24(3)4/h1,3,13-22H2,2,4-12H3,(H,40,43)(H,41,44)(H,39,49,51). The molecule has 0 radical (unpaired) electrons. The third-order valence-electron chi connectivity index (χ3n) is 8.25. The van der Waals surface area contributed by atoms with Crippen molar-refractivity contribution in [2.45, 2.75) is 130 Å². The minimum atomic E-state index is -1.33. The molecule has 1 aliphatic heterocycles. The highest BCUT2D eigenvalue weighted by Crippen LogP contribution is 2.41. The van der Waals surface area contributed by atoms with Gasteiger partial charge in [0.05, 0.1) is 12.8 Å². The van der Waals surface area contributed by atoms with Gasteiger partial charge in [0.25, 0.3) is 0 Å². The third-order valence-corrected chi connectivity index (χ3v) is 8.25. The lowest BCUT2D eigenvalue weighted by Crippen LogP contribution is -2.70. The maximum Gasteiger partial charge on any atom is 0.364 e. The Balaban J connectivity index is 2.83. The van der Waals surface area contributed by atoms with Crippen LogP contribution in [0.5, 0.6) is 0 Å². The summed E-state index contributed by atoms with van der Waals surface area (Å²) in [4.78, 5) is 114. The average Bonchev–Trinajstić information content (AvgIpc) is 3.00. The Morgan fingerprint density at radius 2 is 1.02 bits per heavy atom. The van der Waals surface area contributed by atoms with Crippen molar-refractivity contribution in [2.75, 3.05) is 26.4 Å². The van der Waals surface area contributed by atoms with Crippen LogP contribution in [-0.2, 0) is 47.7 Å². The Bertz CT molecular complexity index is 1440. The van der Waals surface area contributed by atoms with Crippen molar-refractivity contribution >= 4 is 60.0 Å². The molecule has 3 N–H and O–H groups in total. The average molecular weight is 777 g/mol. The van der Waals surface area contributed by atoms with Crippen molar-refractivity contribution in [1.29, 1.82) is 0 Å². The number of rotatable bonds is 22. The van der Waals surface area contributed by atoms with Gasteiger partial charge in [-0.3, -0.25) is 39.0 Å². The molecule has 0 bridgehead atoms. The Labute approximate surface area is 323 Å². The van der Waals surface area contributed by atoms with Gasteiger partial charge in [-0.05, 0) is 73.5 Å². The number of esters is 4. The molecular formula is C37H57BN4O13. The molecule has 0 aliphatic carbocycles. The molecule has 0 aromatic heterocycles. The van der Waals surface area contributed by atoms with Crippen LogP contribution in [0.4, 0.5) is 14.4 Å². The second-order valence-corrected chi connectivity index (χ2v) is 16.2. The summed E-state index contributed by atoms with van der Waals surface area (Å²) in [5.41, 5.74) is -2.79. The fourth-order valence-electron chi connectivity index (χ4n) is 6.61. The topological polar surface area (TPSA) is 230 Å². The van der Waals surface area contributed by atoms with Gasteiger partial charge in [-0.2, -0.15) is 0 Å². The molecule has 17 nitrogen and oxygen atoms in total. The van der Waals surface area contributed by atoms with E-state index in [1.165, 1.54) is 13.8 Å². The first kappa shape index (κ1) is 48.0. The highest BCUT2D eigenvalue weighted by atomic mass is 16.6. The van der Waals surface area contributed by atoms with Crippen LogP contribution in [0.2, 0.25) is 5.31 Å². The minimum Gasteiger partial charge on any atom is -0.462 e. The van der Waals surface area contributed by atoms with Gasteiger partial charge in [0.2, 0.25) is 11.8 Å². The summed E-state index contributed by atoms with van der Waals surface area (Å²) in [5.74, 6) is -5.08. The molecule has 0 aromatic carbocycles. The van der Waals surface area contributed by atoms with Crippen LogP contribution in [0.3, 0.4) is 0 Å². The number of carbonyl (C=O) groups is 9. The van der Waals surface area contributed by atoms with E-state index in [4.69, 9.17) is 18.9 Å². The molecule has 0 spiro atoms. The van der Waals surface area contributed by atoms with Crippen LogP contribution in [0.1, 0.15) is 108 Å². The Morgan fingerprint density at radius 1 is 0.636 bits per heavy atom. The zero-order valence-corrected chi connectivity index (χ0v) is 33.8. The van der Waals surface area contributed by atoms with E-state index < -0.39 is 82.0 Å². The molecule has 18 heteroatoms. The maximum atomic E-state index is 14.1. The van der Waals surface area contributed by atoms with Crippen LogP contribution in [-0.4, -0.2) is 108 Å². The Hall–Kier alpha value is -5.03. The lowest BCUT2D eigenvalue weighted by molar-refractivity contribution is -0.150. The predicted octanol–water partition coefficient (Wildman–Crippen LogP) is 3.92. The van der Waals surface area contributed by atoms with Gasteiger partial charge in [0, 0.05) is 40.6 Å². The number of ether oxygens (including phenoxy) is 4. The van der Waals surface area contributed by atoms with Crippen molar-refractivity contribution in [1.82, 2.24) is 20.9 Å². The Kier molecular flexibility index (Phi) is 17.5. The van der Waals surface area contributed by atoms with Crippen molar-refractivity contribution < 1.29 is 62.1 Å². The van der Waals surface area contributed by atoms with Gasteiger partial charge < -0.3 is 29.6 Å². The summed E-state index contributed by atoms with van der Waals surface area (Å²) in [6, 6.07) is -0.917. The van der Waals surface area contributed by atoms with Gasteiger partial charge in [-0.15, -0.1) is 0 Å². The molecule has 0 unspecified atom stereocenters. The third kappa shape index (κ3) is 16.5. The highest BCUT2D eigenvalue weighted by Gasteiger charge is 2.57. The molecule has 1 fully saturated rings. The molecule has 306 valence electrons. The first-order valence-corrected chi connectivity index (χ1v) is 17.9. The van der Waals surface area contributed by atoms with Crippen molar-refractivity contribution in [2.24, 2.45) is 0 Å². The van der Waals surface area contributed by atoms with Crippen LogP contribution in [0, 0.1) is 0 Å². The largest absolute Gasteiger partial charge is 0.462 e. The van der Waals surface area contributed by atoms with Gasteiger partial charge in [0.15, 0.2) is 11.6 Å². The van der Waals surface area contributed by atoms with E-state index in [1.54, 1.807) is 55.4 Å². The first-order valence-electron chi connectivity index (χ1n) is 17.9. The predicted molar refractivity (Wildman–Crippen MR) is 201 cm³/mol. The van der Waals surface area contributed by atoms with Crippen molar-refractivity contribution in [3.63, 3.8) is 0 Å². The van der Waals surface area contributed by atoms with Crippen molar-refractivity contribution in [3.8, 4) is 0 Å². The SMILES string of the molecule is C=C(C)C(=O)OCCOC(=O)CCC(=O)NC(C)(C)CC(C)(C)B1C(=O)NC(=O)N(C(C)(C)CC(C)(C)NC(=O)CCC(=O)OCCOC(=O)C(=C)C)C1=O. The molecular weight excluding hydrogens is 719 g/mol. The molecule has 6 amide bonds. The molecule has 0 aromatic rings. The lowest BCUT2D eigenvalue weighted by atomic mass is 9.30. The summed E-state index contributed by atoms with van der Waals surface area (Å²) in [7, 11) is 0. The number of urea groups is 1. The molecule has 55 heavy (non-hydrogen) atoms.